The first kappa shape index (κ1) is 29.5. The summed E-state index contributed by atoms with van der Waals surface area (Å²) < 4.78 is 0.879. The van der Waals surface area contributed by atoms with Crippen LogP contribution >= 0.6 is 11.3 Å². The van der Waals surface area contributed by atoms with Crippen LogP contribution in [0.3, 0.4) is 0 Å². The summed E-state index contributed by atoms with van der Waals surface area (Å²) in [5.41, 5.74) is 5.45. The summed E-state index contributed by atoms with van der Waals surface area (Å²) in [6.07, 6.45) is 2.21. The molecule has 0 aliphatic rings. The number of hydrogen-bond acceptors (Lipinski definition) is 7. The number of amides is 3. The molecule has 0 saturated carbocycles. The van der Waals surface area contributed by atoms with Gasteiger partial charge in [0.2, 0.25) is 11.8 Å². The molecule has 9 nitrogen and oxygen atoms in total. The van der Waals surface area contributed by atoms with E-state index in [-0.39, 0.29) is 36.5 Å². The largest absolute Gasteiger partial charge is 0.349 e. The van der Waals surface area contributed by atoms with Crippen molar-refractivity contribution in [2.45, 2.75) is 45.7 Å². The molecular weight excluding hydrogens is 538 g/mol. The molecule has 0 saturated heterocycles. The minimum atomic E-state index is -0.851. The van der Waals surface area contributed by atoms with Crippen LogP contribution in [-0.4, -0.2) is 52.1 Å². The van der Waals surface area contributed by atoms with Crippen LogP contribution in [0.1, 0.15) is 43.1 Å². The molecule has 3 N–H and O–H groups in total. The lowest BCUT2D eigenvalue weighted by Gasteiger charge is -2.22. The van der Waals surface area contributed by atoms with Gasteiger partial charge in [0.1, 0.15) is 6.04 Å². The number of fused-ring (bicyclic) bond motifs is 1. The first-order valence-corrected chi connectivity index (χ1v) is 14.3. The van der Waals surface area contributed by atoms with Crippen LogP contribution in [0.2, 0.25) is 0 Å². The van der Waals surface area contributed by atoms with Crippen molar-refractivity contribution in [3.63, 3.8) is 0 Å². The maximum atomic E-state index is 13.1. The normalized spacial score (nSPS) is 12.5. The SMILES string of the molecule is CC(C)CC(NC(=O)c1ccc2ncsc2c1)C(=O)N[C@@H](C)C(=O)CNC(=O)Cc1cccc(-c2ccccn2)c1. The van der Waals surface area contributed by atoms with Crippen molar-refractivity contribution in [2.75, 3.05) is 6.54 Å². The quantitative estimate of drug-likeness (QED) is 0.236. The van der Waals surface area contributed by atoms with E-state index in [2.05, 4.69) is 25.9 Å². The van der Waals surface area contributed by atoms with Crippen LogP contribution in [0.5, 0.6) is 0 Å². The molecule has 2 atom stereocenters. The topological polar surface area (TPSA) is 130 Å². The highest BCUT2D eigenvalue weighted by atomic mass is 32.1. The van der Waals surface area contributed by atoms with E-state index < -0.39 is 18.0 Å². The first-order valence-electron chi connectivity index (χ1n) is 13.4. The number of carbonyl (C=O) groups excluding carboxylic acids is 4. The lowest BCUT2D eigenvalue weighted by atomic mass is 10.0. The zero-order valence-corrected chi connectivity index (χ0v) is 24.0. The highest BCUT2D eigenvalue weighted by molar-refractivity contribution is 7.16. The molecule has 10 heteroatoms. The Morgan fingerprint density at radius 1 is 0.902 bits per heavy atom. The summed E-state index contributed by atoms with van der Waals surface area (Å²) in [7, 11) is 0. The Balaban J connectivity index is 1.29. The molecule has 212 valence electrons. The van der Waals surface area contributed by atoms with Gasteiger partial charge in [-0.05, 0) is 61.2 Å². The van der Waals surface area contributed by atoms with E-state index in [4.69, 9.17) is 0 Å². The average molecular weight is 572 g/mol. The third-order valence-corrected chi connectivity index (χ3v) is 7.27. The van der Waals surface area contributed by atoms with Crippen LogP contribution in [0.25, 0.3) is 21.5 Å². The van der Waals surface area contributed by atoms with Crippen molar-refractivity contribution in [2.24, 2.45) is 5.92 Å². The van der Waals surface area contributed by atoms with Gasteiger partial charge in [0.15, 0.2) is 5.78 Å². The van der Waals surface area contributed by atoms with Gasteiger partial charge in [-0.2, -0.15) is 0 Å². The number of carbonyl (C=O) groups is 4. The van der Waals surface area contributed by atoms with Crippen molar-refractivity contribution in [3.05, 3.63) is 83.5 Å². The Morgan fingerprint density at radius 2 is 1.73 bits per heavy atom. The number of nitrogens with zero attached hydrogens (tertiary/aromatic N) is 2. The Labute approximate surface area is 242 Å². The van der Waals surface area contributed by atoms with Gasteiger partial charge >= 0.3 is 0 Å². The number of nitrogens with one attached hydrogen (secondary N) is 3. The second-order valence-corrected chi connectivity index (χ2v) is 11.1. The maximum Gasteiger partial charge on any atom is 0.251 e. The fraction of sp³-hybridized carbons (Fsp3) is 0.290. The fourth-order valence-corrected chi connectivity index (χ4v) is 5.01. The van der Waals surface area contributed by atoms with E-state index in [1.165, 1.54) is 11.3 Å². The molecule has 0 spiro atoms. The Kier molecular flexibility index (Phi) is 9.91. The van der Waals surface area contributed by atoms with E-state index in [1.807, 2.05) is 56.3 Å². The summed E-state index contributed by atoms with van der Waals surface area (Å²) in [5, 5.41) is 8.15. The summed E-state index contributed by atoms with van der Waals surface area (Å²) >= 11 is 1.43. The van der Waals surface area contributed by atoms with Gasteiger partial charge in [0.25, 0.3) is 5.91 Å². The molecule has 2 aromatic heterocycles. The number of ketones is 1. The number of rotatable bonds is 12. The number of Topliss-reactive ketones (excluding diaryl/α,β-unsaturated/α-hetero) is 1. The van der Waals surface area contributed by atoms with Gasteiger partial charge in [-0.1, -0.05) is 38.1 Å². The van der Waals surface area contributed by atoms with Gasteiger partial charge in [0, 0.05) is 17.3 Å². The minimum absolute atomic E-state index is 0.102. The smallest absolute Gasteiger partial charge is 0.251 e. The molecule has 4 aromatic rings. The first-order chi connectivity index (χ1) is 19.7. The van der Waals surface area contributed by atoms with Gasteiger partial charge in [-0.15, -0.1) is 11.3 Å². The molecule has 2 heterocycles. The van der Waals surface area contributed by atoms with E-state index in [0.717, 1.165) is 27.0 Å². The van der Waals surface area contributed by atoms with Gasteiger partial charge in [0.05, 0.1) is 40.4 Å². The lowest BCUT2D eigenvalue weighted by molar-refractivity contribution is -0.129. The predicted molar refractivity (Wildman–Crippen MR) is 159 cm³/mol. The van der Waals surface area contributed by atoms with E-state index in [0.29, 0.717) is 12.0 Å². The second kappa shape index (κ2) is 13.8. The van der Waals surface area contributed by atoms with E-state index >= 15 is 0 Å². The van der Waals surface area contributed by atoms with E-state index in [9.17, 15) is 19.2 Å². The summed E-state index contributed by atoms with van der Waals surface area (Å²) in [4.78, 5) is 59.8. The molecule has 0 aliphatic heterocycles. The molecule has 0 bridgehead atoms. The molecule has 0 fully saturated rings. The van der Waals surface area contributed by atoms with Crippen LogP contribution in [0, 0.1) is 5.92 Å². The number of pyridine rings is 1. The summed E-state index contributed by atoms with van der Waals surface area (Å²) in [6.45, 7) is 5.24. The fourth-order valence-electron chi connectivity index (χ4n) is 4.30. The summed E-state index contributed by atoms with van der Waals surface area (Å²) in [5.74, 6) is -1.36. The van der Waals surface area contributed by atoms with Gasteiger partial charge < -0.3 is 16.0 Å². The molecule has 4 rings (SSSR count). The zero-order valence-electron chi connectivity index (χ0n) is 23.2. The van der Waals surface area contributed by atoms with Crippen LogP contribution in [0.4, 0.5) is 0 Å². The molecular formula is C31H33N5O4S. The Morgan fingerprint density at radius 3 is 2.49 bits per heavy atom. The number of thiazole rings is 1. The molecule has 3 amide bonds. The minimum Gasteiger partial charge on any atom is -0.349 e. The average Bonchev–Trinajstić information content (AvgIpc) is 3.44. The standard InChI is InChI=1S/C31H33N5O4S/c1-19(2)13-26(36-30(39)23-10-11-25-28(16-23)41-18-34-25)31(40)35-20(3)27(37)17-33-29(38)15-21-7-6-8-22(14-21)24-9-4-5-12-32-24/h4-12,14,16,18-20,26H,13,15,17H2,1-3H3,(H,33,38)(H,35,40)(H,36,39)/t20-,26?/m0/s1. The van der Waals surface area contributed by atoms with Crippen molar-refractivity contribution in [3.8, 4) is 11.3 Å². The van der Waals surface area contributed by atoms with Crippen LogP contribution < -0.4 is 16.0 Å². The maximum absolute atomic E-state index is 13.1. The molecule has 1 unspecified atom stereocenters. The third kappa shape index (κ3) is 8.28. The molecule has 2 aromatic carbocycles. The van der Waals surface area contributed by atoms with Crippen LogP contribution in [-0.2, 0) is 20.8 Å². The highest BCUT2D eigenvalue weighted by Gasteiger charge is 2.26. The number of aromatic nitrogens is 2. The van der Waals surface area contributed by atoms with Gasteiger partial charge in [-0.25, -0.2) is 4.98 Å². The second-order valence-electron chi connectivity index (χ2n) is 10.3. The van der Waals surface area contributed by atoms with E-state index in [1.54, 1.807) is 36.8 Å². The Hall–Kier alpha value is -4.44. The molecule has 0 aliphatic carbocycles. The lowest BCUT2D eigenvalue weighted by Crippen LogP contribution is -2.52. The number of benzene rings is 2. The monoisotopic (exact) mass is 571 g/mol. The zero-order chi connectivity index (χ0) is 29.4. The van der Waals surface area contributed by atoms with Crippen molar-refractivity contribution < 1.29 is 19.2 Å². The van der Waals surface area contributed by atoms with Crippen molar-refractivity contribution >= 4 is 45.1 Å². The third-order valence-electron chi connectivity index (χ3n) is 6.48. The summed E-state index contributed by atoms with van der Waals surface area (Å²) in [6, 6.07) is 16.7. The van der Waals surface area contributed by atoms with Crippen molar-refractivity contribution in [1.82, 2.24) is 25.9 Å². The van der Waals surface area contributed by atoms with Crippen LogP contribution in [0.15, 0.2) is 72.4 Å². The highest BCUT2D eigenvalue weighted by Crippen LogP contribution is 2.20. The van der Waals surface area contributed by atoms with Gasteiger partial charge in [-0.3, -0.25) is 24.2 Å². The predicted octanol–water partition coefficient (Wildman–Crippen LogP) is 3.94. The molecule has 0 radical (unpaired) electrons. The van der Waals surface area contributed by atoms with Crippen molar-refractivity contribution in [1.29, 1.82) is 0 Å². The molecule has 41 heavy (non-hydrogen) atoms. The Bertz CT molecular complexity index is 1540. The number of hydrogen-bond donors (Lipinski definition) is 3.